The molecule has 21 heavy (non-hydrogen) atoms. The first-order valence-corrected chi connectivity index (χ1v) is 7.44. The van der Waals surface area contributed by atoms with E-state index in [-0.39, 0.29) is 0 Å². The highest BCUT2D eigenvalue weighted by Gasteiger charge is 2.07. The number of para-hydroxylation sites is 1. The lowest BCUT2D eigenvalue weighted by Crippen LogP contribution is -2.07. The number of pyridine rings is 1. The Balaban J connectivity index is 2.09. The number of rotatable bonds is 7. The number of aryl methyl sites for hydroxylation is 1. The molecule has 0 aliphatic carbocycles. The lowest BCUT2D eigenvalue weighted by Gasteiger charge is -2.14. The average molecular weight is 285 g/mol. The van der Waals surface area contributed by atoms with Crippen molar-refractivity contribution in [1.82, 2.24) is 4.98 Å². The Hall–Kier alpha value is -2.23. The topological polar surface area (TPSA) is 60.2 Å². The molecule has 0 radical (unpaired) electrons. The van der Waals surface area contributed by atoms with E-state index < -0.39 is 0 Å². The maximum Gasteiger partial charge on any atom is 0.144 e. The number of hydrogen-bond donors (Lipinski definition) is 2. The molecular weight excluding hydrogens is 262 g/mol. The van der Waals surface area contributed by atoms with Gasteiger partial charge in [0.25, 0.3) is 0 Å². The number of aromatic nitrogens is 1. The van der Waals surface area contributed by atoms with Gasteiger partial charge in [-0.15, -0.1) is 0 Å². The number of nitrogens with two attached hydrogens (primary N) is 1. The van der Waals surface area contributed by atoms with Crippen LogP contribution in [-0.4, -0.2) is 11.6 Å². The van der Waals surface area contributed by atoms with Crippen molar-refractivity contribution >= 4 is 11.4 Å². The van der Waals surface area contributed by atoms with E-state index in [0.717, 1.165) is 30.0 Å². The number of nitrogens with zero attached hydrogens (tertiary/aromatic N) is 1. The van der Waals surface area contributed by atoms with Gasteiger partial charge < -0.3 is 15.8 Å². The summed E-state index contributed by atoms with van der Waals surface area (Å²) in [5, 5.41) is 3.35. The second kappa shape index (κ2) is 7.53. The molecule has 0 amide bonds. The molecule has 0 aliphatic rings. The van der Waals surface area contributed by atoms with Gasteiger partial charge in [0.05, 0.1) is 30.2 Å². The maximum absolute atomic E-state index is 6.15. The zero-order valence-corrected chi connectivity index (χ0v) is 12.7. The SMILES string of the molecule is CCCOc1cccc(NCc2ncccc2CC)c1N. The van der Waals surface area contributed by atoms with Crippen LogP contribution in [0.5, 0.6) is 5.75 Å². The Kier molecular flexibility index (Phi) is 5.43. The second-order valence-electron chi connectivity index (χ2n) is 4.88. The minimum absolute atomic E-state index is 0.653. The highest BCUT2D eigenvalue weighted by Crippen LogP contribution is 2.29. The summed E-state index contributed by atoms with van der Waals surface area (Å²) >= 11 is 0. The third-order valence-corrected chi connectivity index (χ3v) is 3.34. The minimum Gasteiger partial charge on any atom is -0.491 e. The van der Waals surface area contributed by atoms with Crippen molar-refractivity contribution in [3.8, 4) is 5.75 Å². The van der Waals surface area contributed by atoms with Crippen LogP contribution in [0.25, 0.3) is 0 Å². The maximum atomic E-state index is 6.15. The quantitative estimate of drug-likeness (QED) is 0.763. The lowest BCUT2D eigenvalue weighted by atomic mass is 10.1. The smallest absolute Gasteiger partial charge is 0.144 e. The van der Waals surface area contributed by atoms with Crippen LogP contribution in [0.2, 0.25) is 0 Å². The first-order valence-electron chi connectivity index (χ1n) is 7.44. The van der Waals surface area contributed by atoms with Crippen LogP contribution in [-0.2, 0) is 13.0 Å². The first kappa shape index (κ1) is 15.2. The van der Waals surface area contributed by atoms with Crippen molar-refractivity contribution in [1.29, 1.82) is 0 Å². The predicted molar refractivity (Wildman–Crippen MR) is 87.6 cm³/mol. The van der Waals surface area contributed by atoms with E-state index in [1.807, 2.05) is 30.5 Å². The molecule has 112 valence electrons. The molecule has 0 unspecified atom stereocenters. The Labute approximate surface area is 126 Å². The van der Waals surface area contributed by atoms with E-state index in [9.17, 15) is 0 Å². The Morgan fingerprint density at radius 1 is 1.19 bits per heavy atom. The second-order valence-corrected chi connectivity index (χ2v) is 4.88. The van der Waals surface area contributed by atoms with Gasteiger partial charge in [-0.2, -0.15) is 0 Å². The molecule has 0 bridgehead atoms. The molecule has 4 heteroatoms. The van der Waals surface area contributed by atoms with Gasteiger partial charge in [-0.25, -0.2) is 0 Å². The molecule has 1 heterocycles. The van der Waals surface area contributed by atoms with Crippen LogP contribution >= 0.6 is 0 Å². The molecule has 2 rings (SSSR count). The van der Waals surface area contributed by atoms with Crippen LogP contribution in [0.1, 0.15) is 31.5 Å². The number of ether oxygens (including phenoxy) is 1. The molecule has 0 saturated heterocycles. The summed E-state index contributed by atoms with van der Waals surface area (Å²) in [6.45, 7) is 5.54. The summed E-state index contributed by atoms with van der Waals surface area (Å²) in [5.41, 5.74) is 10.00. The van der Waals surface area contributed by atoms with Crippen molar-refractivity contribution in [2.75, 3.05) is 17.7 Å². The standard InChI is InChI=1S/C17H23N3O/c1-3-11-21-16-9-5-8-14(17(16)18)20-12-15-13(4-2)7-6-10-19-15/h5-10,20H,3-4,11-12,18H2,1-2H3. The average Bonchev–Trinajstić information content (AvgIpc) is 2.53. The fourth-order valence-electron chi connectivity index (χ4n) is 2.17. The predicted octanol–water partition coefficient (Wildman–Crippen LogP) is 3.63. The van der Waals surface area contributed by atoms with Crippen molar-refractivity contribution in [3.63, 3.8) is 0 Å². The van der Waals surface area contributed by atoms with Crippen molar-refractivity contribution in [2.24, 2.45) is 0 Å². The van der Waals surface area contributed by atoms with Gasteiger partial charge in [-0.05, 0) is 36.6 Å². The molecule has 1 aromatic carbocycles. The largest absolute Gasteiger partial charge is 0.491 e. The van der Waals surface area contributed by atoms with E-state index in [4.69, 9.17) is 10.5 Å². The van der Waals surface area contributed by atoms with Gasteiger partial charge in [0.2, 0.25) is 0 Å². The fourth-order valence-corrected chi connectivity index (χ4v) is 2.17. The first-order chi connectivity index (χ1) is 10.3. The third kappa shape index (κ3) is 3.88. The van der Waals surface area contributed by atoms with Gasteiger partial charge in [0.15, 0.2) is 0 Å². The van der Waals surface area contributed by atoms with Crippen molar-refractivity contribution in [3.05, 3.63) is 47.8 Å². The van der Waals surface area contributed by atoms with Crippen LogP contribution < -0.4 is 15.8 Å². The highest BCUT2D eigenvalue weighted by molar-refractivity contribution is 5.72. The van der Waals surface area contributed by atoms with E-state index in [2.05, 4.69) is 30.2 Å². The summed E-state index contributed by atoms with van der Waals surface area (Å²) in [4.78, 5) is 4.43. The summed E-state index contributed by atoms with van der Waals surface area (Å²) in [7, 11) is 0. The van der Waals surface area contributed by atoms with Crippen LogP contribution in [0.15, 0.2) is 36.5 Å². The molecule has 2 aromatic rings. The normalized spacial score (nSPS) is 10.4. The van der Waals surface area contributed by atoms with Gasteiger partial charge in [0, 0.05) is 6.20 Å². The van der Waals surface area contributed by atoms with Gasteiger partial charge in [-0.3, -0.25) is 4.98 Å². The number of benzene rings is 1. The molecular formula is C17H23N3O. The van der Waals surface area contributed by atoms with E-state index in [1.165, 1.54) is 5.56 Å². The zero-order chi connectivity index (χ0) is 15.1. The molecule has 1 aromatic heterocycles. The van der Waals surface area contributed by atoms with Gasteiger partial charge in [-0.1, -0.05) is 26.0 Å². The lowest BCUT2D eigenvalue weighted by molar-refractivity contribution is 0.319. The van der Waals surface area contributed by atoms with Gasteiger partial charge >= 0.3 is 0 Å². The van der Waals surface area contributed by atoms with E-state index in [1.54, 1.807) is 0 Å². The molecule has 4 nitrogen and oxygen atoms in total. The zero-order valence-electron chi connectivity index (χ0n) is 12.7. The molecule has 0 aliphatic heterocycles. The van der Waals surface area contributed by atoms with Crippen molar-refractivity contribution < 1.29 is 4.74 Å². The molecule has 3 N–H and O–H groups in total. The number of nitrogens with one attached hydrogen (secondary N) is 1. The number of hydrogen-bond acceptors (Lipinski definition) is 4. The van der Waals surface area contributed by atoms with Crippen molar-refractivity contribution in [2.45, 2.75) is 33.2 Å². The fraction of sp³-hybridized carbons (Fsp3) is 0.353. The summed E-state index contributed by atoms with van der Waals surface area (Å²) in [5.74, 6) is 0.735. The Morgan fingerprint density at radius 2 is 2.05 bits per heavy atom. The summed E-state index contributed by atoms with van der Waals surface area (Å²) in [6, 6.07) is 9.88. The monoisotopic (exact) mass is 285 g/mol. The molecule has 0 spiro atoms. The number of anilines is 2. The van der Waals surface area contributed by atoms with Gasteiger partial charge in [0.1, 0.15) is 5.75 Å². The van der Waals surface area contributed by atoms with Crippen LogP contribution in [0.4, 0.5) is 11.4 Å². The summed E-state index contributed by atoms with van der Waals surface area (Å²) in [6.07, 6.45) is 3.76. The van der Waals surface area contributed by atoms with E-state index in [0.29, 0.717) is 18.8 Å². The van der Waals surface area contributed by atoms with Crippen LogP contribution in [0, 0.1) is 0 Å². The van der Waals surface area contributed by atoms with Crippen LogP contribution in [0.3, 0.4) is 0 Å². The Morgan fingerprint density at radius 3 is 2.81 bits per heavy atom. The molecule has 0 saturated carbocycles. The number of nitrogen functional groups attached to an aromatic ring is 1. The Bertz CT molecular complexity index is 584. The minimum atomic E-state index is 0.653. The third-order valence-electron chi connectivity index (χ3n) is 3.34. The molecule has 0 atom stereocenters. The van der Waals surface area contributed by atoms with E-state index >= 15 is 0 Å². The summed E-state index contributed by atoms with van der Waals surface area (Å²) < 4.78 is 5.64. The highest BCUT2D eigenvalue weighted by atomic mass is 16.5. The molecule has 0 fully saturated rings.